The van der Waals surface area contributed by atoms with Crippen LogP contribution in [-0.2, 0) is 35.3 Å². The van der Waals surface area contributed by atoms with Crippen LogP contribution < -0.4 is 16.0 Å². The van der Waals surface area contributed by atoms with Gasteiger partial charge in [-0.25, -0.2) is 0 Å². The molecule has 0 aromatic heterocycles. The monoisotopic (exact) mass is 632 g/mol. The van der Waals surface area contributed by atoms with Crippen molar-refractivity contribution in [2.75, 3.05) is 25.5 Å². The molecule has 4 amide bonds. The minimum absolute atomic E-state index is 0.0160. The Morgan fingerprint density at radius 3 is 2.16 bits per heavy atom. The fourth-order valence-corrected chi connectivity index (χ4v) is 4.85. The third-order valence-electron chi connectivity index (χ3n) is 6.11. The van der Waals surface area contributed by atoms with Gasteiger partial charge in [0.15, 0.2) is 0 Å². The number of benzene rings is 1. The lowest BCUT2D eigenvalue weighted by Gasteiger charge is -2.22. The van der Waals surface area contributed by atoms with Gasteiger partial charge in [0, 0.05) is 32.1 Å². The number of carbonyl (C=O) groups is 6. The number of aldehydes is 1. The van der Waals surface area contributed by atoms with E-state index in [4.69, 9.17) is 12.6 Å². The largest absolute Gasteiger partial charge is 0.470 e. The maximum atomic E-state index is 12.7. The van der Waals surface area contributed by atoms with Gasteiger partial charge in [0.2, 0.25) is 37.3 Å². The van der Waals surface area contributed by atoms with Crippen LogP contribution in [0.5, 0.6) is 0 Å². The third-order valence-corrected chi connectivity index (χ3v) is 7.28. The molecule has 0 saturated carbocycles. The Hall–Kier alpha value is -3.35. The predicted octanol–water partition coefficient (Wildman–Crippen LogP) is 3.83. The molecule has 0 aliphatic carbocycles. The van der Waals surface area contributed by atoms with E-state index in [9.17, 15) is 28.8 Å². The molecule has 0 fully saturated rings. The summed E-state index contributed by atoms with van der Waals surface area (Å²) in [5.41, 5.74) is 1.19. The number of carbonyl (C=O) groups excluding carboxylic acids is 6. The Morgan fingerprint density at radius 2 is 1.61 bits per heavy atom. The number of ether oxygens (including phenoxy) is 1. The van der Waals surface area contributed by atoms with Gasteiger partial charge in [0.05, 0.1) is 11.8 Å². The number of nitrogens with one attached hydrogen (secondary N) is 3. The lowest BCUT2D eigenvalue weighted by molar-refractivity contribution is -0.131. The molecular formula is C31H49BN4O7S. The summed E-state index contributed by atoms with van der Waals surface area (Å²) in [6.07, 6.45) is 3.26. The maximum absolute atomic E-state index is 12.7. The smallest absolute Gasteiger partial charge is 0.243 e. The molecule has 44 heavy (non-hydrogen) atoms. The average Bonchev–Trinajstić information content (AvgIpc) is 2.98. The fourth-order valence-electron chi connectivity index (χ4n) is 3.84. The van der Waals surface area contributed by atoms with Gasteiger partial charge in [0.1, 0.15) is 18.9 Å². The molecule has 244 valence electrons. The van der Waals surface area contributed by atoms with E-state index in [0.29, 0.717) is 30.6 Å². The van der Waals surface area contributed by atoms with Crippen LogP contribution in [0.3, 0.4) is 0 Å². The third kappa shape index (κ3) is 18.3. The number of unbranched alkanes of at least 4 members (excludes halogenated alkanes) is 2. The first-order valence-corrected chi connectivity index (χ1v) is 16.0. The molecule has 0 heterocycles. The summed E-state index contributed by atoms with van der Waals surface area (Å²) in [7, 11) is 6.65. The Bertz CT molecular complexity index is 1050. The van der Waals surface area contributed by atoms with Crippen LogP contribution in [0, 0.1) is 5.92 Å². The molecule has 1 aromatic carbocycles. The van der Waals surface area contributed by atoms with E-state index in [2.05, 4.69) is 16.0 Å². The highest BCUT2D eigenvalue weighted by Crippen LogP contribution is 2.19. The highest BCUT2D eigenvalue weighted by Gasteiger charge is 2.24. The van der Waals surface area contributed by atoms with E-state index in [1.54, 1.807) is 50.1 Å². The van der Waals surface area contributed by atoms with E-state index >= 15 is 0 Å². The summed E-state index contributed by atoms with van der Waals surface area (Å²) in [6, 6.07) is 5.79. The molecule has 0 bridgehead atoms. The van der Waals surface area contributed by atoms with Gasteiger partial charge < -0.3 is 30.4 Å². The molecule has 11 nitrogen and oxygen atoms in total. The lowest BCUT2D eigenvalue weighted by Crippen LogP contribution is -2.51. The minimum Gasteiger partial charge on any atom is -0.470 e. The predicted molar refractivity (Wildman–Crippen MR) is 175 cm³/mol. The summed E-state index contributed by atoms with van der Waals surface area (Å²) < 4.78 is 4.71. The fraction of sp³-hybridized carbons (Fsp3) is 0.613. The number of hydrogen-bond donors (Lipinski definition) is 3. The summed E-state index contributed by atoms with van der Waals surface area (Å²) in [6.45, 7) is 11.8. The Balaban J connectivity index is 0.00000904. The molecular weight excluding hydrogens is 583 g/mol. The molecule has 0 aliphatic heterocycles. The number of rotatable bonds is 19. The molecule has 0 spiro atoms. The second kappa shape index (κ2) is 23.1. The first-order chi connectivity index (χ1) is 20.8. The van der Waals surface area contributed by atoms with Crippen molar-refractivity contribution in [1.82, 2.24) is 15.5 Å². The van der Waals surface area contributed by atoms with Crippen LogP contribution in [0.25, 0.3) is 0 Å². The van der Waals surface area contributed by atoms with Gasteiger partial charge in [-0.1, -0.05) is 60.1 Å². The van der Waals surface area contributed by atoms with E-state index in [1.165, 1.54) is 11.8 Å². The van der Waals surface area contributed by atoms with Gasteiger partial charge in [-0.15, -0.1) is 11.8 Å². The lowest BCUT2D eigenvalue weighted by atomic mass is 10.0. The molecule has 3 N–H and O–H groups in total. The van der Waals surface area contributed by atoms with Gasteiger partial charge in [-0.05, 0) is 41.7 Å². The highest BCUT2D eigenvalue weighted by atomic mass is 32.2. The molecule has 0 aliphatic rings. The van der Waals surface area contributed by atoms with Crippen LogP contribution in [0.4, 0.5) is 10.5 Å². The van der Waals surface area contributed by atoms with Crippen molar-refractivity contribution in [3.05, 3.63) is 29.8 Å². The molecule has 13 heteroatoms. The first-order valence-electron chi connectivity index (χ1n) is 15.0. The molecule has 2 radical (unpaired) electrons. The number of anilines is 1. The van der Waals surface area contributed by atoms with Crippen LogP contribution in [0.15, 0.2) is 24.3 Å². The normalized spacial score (nSPS) is 11.8. The standard InChI is InChI=1S/C29H43BN4O7S.C2H6/c1-19(2)27(28(39)31-16-25(37)32-22-12-10-21(11-13-22)18-41-29(30)40)33-24(36)9-7-6-8-14-34(5)26(38)15-23(17-35)42-20(3)4;1-2/h10-13,17,19-20,23,27H,6-9,14-16,18H2,1-5H3,(H,31,39)(H,32,37)(H,33,36);1-2H3. The molecule has 2 atom stereocenters. The van der Waals surface area contributed by atoms with Crippen molar-refractivity contribution in [1.29, 1.82) is 0 Å². The highest BCUT2D eigenvalue weighted by molar-refractivity contribution is 8.01. The zero-order valence-electron chi connectivity index (χ0n) is 27.1. The van der Waals surface area contributed by atoms with Crippen LogP contribution in [-0.4, -0.2) is 85.2 Å². The van der Waals surface area contributed by atoms with E-state index in [1.807, 2.05) is 27.7 Å². The summed E-state index contributed by atoms with van der Waals surface area (Å²) in [4.78, 5) is 73.4. The van der Waals surface area contributed by atoms with Crippen molar-refractivity contribution in [2.45, 2.75) is 96.8 Å². The summed E-state index contributed by atoms with van der Waals surface area (Å²) >= 11 is 1.47. The first kappa shape index (κ1) is 40.7. The number of nitrogens with zero attached hydrogens (tertiary/aromatic N) is 1. The van der Waals surface area contributed by atoms with Crippen molar-refractivity contribution in [3.63, 3.8) is 0 Å². The zero-order valence-corrected chi connectivity index (χ0v) is 28.0. The topological polar surface area (TPSA) is 151 Å². The summed E-state index contributed by atoms with van der Waals surface area (Å²) in [5, 5.41) is 7.89. The Labute approximate surface area is 267 Å². The van der Waals surface area contributed by atoms with E-state index in [-0.39, 0.29) is 54.2 Å². The van der Waals surface area contributed by atoms with Crippen molar-refractivity contribution < 1.29 is 33.5 Å². The number of hydrogen-bond acceptors (Lipinski definition) is 8. The van der Waals surface area contributed by atoms with Gasteiger partial charge in [-0.3, -0.25) is 24.0 Å². The second-order valence-corrected chi connectivity index (χ2v) is 12.4. The molecule has 1 rings (SSSR count). The second-order valence-electron chi connectivity index (χ2n) is 10.5. The van der Waals surface area contributed by atoms with Crippen LogP contribution in [0.2, 0.25) is 0 Å². The number of thioether (sulfide) groups is 1. The van der Waals surface area contributed by atoms with Crippen LogP contribution >= 0.6 is 11.8 Å². The van der Waals surface area contributed by atoms with Gasteiger partial charge in [-0.2, -0.15) is 0 Å². The molecule has 2 unspecified atom stereocenters. The van der Waals surface area contributed by atoms with Crippen molar-refractivity contribution in [2.24, 2.45) is 5.92 Å². The Kier molecular flexibility index (Phi) is 21.3. The summed E-state index contributed by atoms with van der Waals surface area (Å²) in [5.74, 6) is -2.33. The van der Waals surface area contributed by atoms with E-state index < -0.39 is 23.7 Å². The molecule has 0 saturated heterocycles. The SMILES string of the molecule is CC.[B]C(=O)OCc1ccc(NC(=O)CNC(=O)C(NC(=O)CCCCCN(C)C(=O)CC(C=O)SC(C)C)C(C)C)cc1. The quantitative estimate of drug-likeness (QED) is 0.118. The number of amides is 4. The molecule has 1 aromatic rings. The van der Waals surface area contributed by atoms with Gasteiger partial charge in [0.25, 0.3) is 0 Å². The Morgan fingerprint density at radius 1 is 0.977 bits per heavy atom. The van der Waals surface area contributed by atoms with Crippen molar-refractivity contribution in [3.8, 4) is 0 Å². The average molecular weight is 633 g/mol. The van der Waals surface area contributed by atoms with Crippen molar-refractivity contribution >= 4 is 61.1 Å². The zero-order chi connectivity index (χ0) is 33.7. The minimum atomic E-state index is -0.880. The maximum Gasteiger partial charge on any atom is 0.243 e. The van der Waals surface area contributed by atoms with E-state index in [0.717, 1.165) is 12.7 Å². The van der Waals surface area contributed by atoms with Gasteiger partial charge >= 0.3 is 0 Å². The van der Waals surface area contributed by atoms with Crippen LogP contribution in [0.1, 0.15) is 79.2 Å².